The van der Waals surface area contributed by atoms with Crippen molar-refractivity contribution < 1.29 is 33.2 Å². The van der Waals surface area contributed by atoms with Crippen LogP contribution in [0.2, 0.25) is 0 Å². The molecule has 2 aromatic rings. The first-order valence-electron chi connectivity index (χ1n) is 11.0. The van der Waals surface area contributed by atoms with E-state index in [-0.39, 0.29) is 29.4 Å². The van der Waals surface area contributed by atoms with Crippen LogP contribution >= 0.6 is 15.9 Å². The minimum atomic E-state index is -0.730. The highest BCUT2D eigenvalue weighted by Crippen LogP contribution is 2.40. The van der Waals surface area contributed by atoms with E-state index in [1.807, 2.05) is 62.4 Å². The average molecular weight is 523 g/mol. The van der Waals surface area contributed by atoms with Gasteiger partial charge in [-0.25, -0.2) is 0 Å². The van der Waals surface area contributed by atoms with Crippen molar-refractivity contribution in [3.63, 3.8) is 0 Å². The number of ether oxygens (including phenoxy) is 7. The molecule has 2 saturated heterocycles. The Labute approximate surface area is 203 Å². The molecule has 0 unspecified atom stereocenters. The normalized spacial score (nSPS) is 28.3. The Morgan fingerprint density at radius 2 is 1.36 bits per heavy atom. The molecule has 33 heavy (non-hydrogen) atoms. The molecule has 0 spiro atoms. The molecule has 0 radical (unpaired) electrons. The topological polar surface area (TPSA) is 64.6 Å². The summed E-state index contributed by atoms with van der Waals surface area (Å²) in [6, 6.07) is 15.6. The average Bonchev–Trinajstić information content (AvgIpc) is 3.14. The fourth-order valence-corrected chi connectivity index (χ4v) is 4.79. The fraction of sp³-hybridized carbons (Fsp3) is 0.520. The Kier molecular flexibility index (Phi) is 7.94. The van der Waals surface area contributed by atoms with E-state index < -0.39 is 5.79 Å². The Hall–Kier alpha value is -1.68. The highest BCUT2D eigenvalue weighted by molar-refractivity contribution is 9.09. The minimum absolute atomic E-state index is 0.286. The van der Waals surface area contributed by atoms with Gasteiger partial charge in [-0.15, -0.1) is 0 Å². The number of halogens is 1. The molecule has 8 heteroatoms. The largest absolute Gasteiger partial charge is 0.497 e. The molecule has 0 N–H and O–H groups in total. The maximum absolute atomic E-state index is 6.24. The van der Waals surface area contributed by atoms with Crippen LogP contribution in [0.1, 0.15) is 25.0 Å². The third-order valence-corrected chi connectivity index (χ3v) is 6.47. The van der Waals surface area contributed by atoms with Crippen LogP contribution in [-0.4, -0.2) is 56.0 Å². The third kappa shape index (κ3) is 6.07. The van der Waals surface area contributed by atoms with E-state index >= 15 is 0 Å². The van der Waals surface area contributed by atoms with Crippen molar-refractivity contribution in [3.8, 4) is 11.5 Å². The van der Waals surface area contributed by atoms with E-state index in [0.29, 0.717) is 19.8 Å². The Balaban J connectivity index is 1.36. The van der Waals surface area contributed by atoms with Gasteiger partial charge >= 0.3 is 0 Å². The van der Waals surface area contributed by atoms with Crippen molar-refractivity contribution in [1.29, 1.82) is 0 Å². The summed E-state index contributed by atoms with van der Waals surface area (Å²) in [7, 11) is 3.30. The van der Waals surface area contributed by atoms with Gasteiger partial charge in [-0.2, -0.15) is 0 Å². The summed E-state index contributed by atoms with van der Waals surface area (Å²) < 4.78 is 41.3. The quantitative estimate of drug-likeness (QED) is 0.451. The molecule has 4 rings (SSSR count). The summed E-state index contributed by atoms with van der Waals surface area (Å²) in [6.45, 7) is 5.08. The highest BCUT2D eigenvalue weighted by Gasteiger charge is 2.55. The zero-order valence-electron chi connectivity index (χ0n) is 19.4. The first-order chi connectivity index (χ1) is 15.9. The molecule has 180 valence electrons. The summed E-state index contributed by atoms with van der Waals surface area (Å²) >= 11 is 3.65. The van der Waals surface area contributed by atoms with Crippen LogP contribution in [0.4, 0.5) is 0 Å². The van der Waals surface area contributed by atoms with Crippen LogP contribution in [0.5, 0.6) is 11.5 Å². The highest BCUT2D eigenvalue weighted by atomic mass is 79.9. The molecular formula is C25H31BrO7. The molecular weight excluding hydrogens is 492 g/mol. The van der Waals surface area contributed by atoms with E-state index in [1.165, 1.54) is 0 Å². The van der Waals surface area contributed by atoms with E-state index in [4.69, 9.17) is 33.2 Å². The van der Waals surface area contributed by atoms with Gasteiger partial charge in [0, 0.05) is 0 Å². The molecule has 2 fully saturated rings. The standard InChI is InChI=1S/C25H31BrO7/c1-25(2)32-21-20(15-29-13-16-5-9-18(27-3)10-6-16)31-24(26)23(22(21)33-25)30-14-17-7-11-19(28-4)12-8-17/h5-12,20-24H,13-15H2,1-4H3/t20-,21+,22+,23-,24+/m1/s1. The van der Waals surface area contributed by atoms with E-state index in [0.717, 1.165) is 22.6 Å². The molecule has 5 atom stereocenters. The van der Waals surface area contributed by atoms with Crippen molar-refractivity contribution in [3.05, 3.63) is 59.7 Å². The number of hydrogen-bond acceptors (Lipinski definition) is 7. The van der Waals surface area contributed by atoms with Crippen LogP contribution < -0.4 is 9.47 Å². The van der Waals surface area contributed by atoms with Crippen LogP contribution in [0.3, 0.4) is 0 Å². The second kappa shape index (κ2) is 10.7. The molecule has 0 aromatic heterocycles. The molecule has 0 aliphatic carbocycles. The maximum atomic E-state index is 6.24. The van der Waals surface area contributed by atoms with E-state index in [1.54, 1.807) is 14.2 Å². The van der Waals surface area contributed by atoms with Gasteiger partial charge in [0.1, 0.15) is 40.9 Å². The number of fused-ring (bicyclic) bond motifs is 1. The predicted octanol–water partition coefficient (Wildman–Crippen LogP) is 4.45. The van der Waals surface area contributed by atoms with Gasteiger partial charge in [-0.05, 0) is 49.2 Å². The van der Waals surface area contributed by atoms with Gasteiger partial charge in [0.2, 0.25) is 0 Å². The van der Waals surface area contributed by atoms with Crippen LogP contribution in [0.25, 0.3) is 0 Å². The number of methoxy groups -OCH3 is 2. The lowest BCUT2D eigenvalue weighted by Gasteiger charge is -2.40. The molecule has 0 amide bonds. The second-order valence-electron chi connectivity index (χ2n) is 8.58. The molecule has 0 bridgehead atoms. The first-order valence-corrected chi connectivity index (χ1v) is 11.9. The van der Waals surface area contributed by atoms with E-state index in [9.17, 15) is 0 Å². The maximum Gasteiger partial charge on any atom is 0.164 e. The van der Waals surface area contributed by atoms with Gasteiger partial charge in [-0.1, -0.05) is 40.2 Å². The predicted molar refractivity (Wildman–Crippen MR) is 126 cm³/mol. The van der Waals surface area contributed by atoms with Crippen molar-refractivity contribution in [2.75, 3.05) is 20.8 Å². The van der Waals surface area contributed by atoms with Crippen LogP contribution in [0.15, 0.2) is 48.5 Å². The lowest BCUT2D eigenvalue weighted by Crippen LogP contribution is -2.56. The van der Waals surface area contributed by atoms with Gasteiger partial charge in [0.25, 0.3) is 0 Å². The Morgan fingerprint density at radius 3 is 1.94 bits per heavy atom. The van der Waals surface area contributed by atoms with Gasteiger partial charge in [0.05, 0.1) is 34.0 Å². The molecule has 7 nitrogen and oxygen atoms in total. The zero-order chi connectivity index (χ0) is 23.4. The first kappa shape index (κ1) is 24.4. The molecule has 2 aliphatic rings. The SMILES string of the molecule is COc1ccc(COC[C@H]2O[C@H](Br)[C@H](OCc3ccc(OC)cc3)[C@H]3OC(C)(C)O[C@H]32)cc1. The van der Waals surface area contributed by atoms with Crippen molar-refractivity contribution >= 4 is 15.9 Å². The monoisotopic (exact) mass is 522 g/mol. The summed E-state index contributed by atoms with van der Waals surface area (Å²) in [5, 5.41) is -0.357. The minimum Gasteiger partial charge on any atom is -0.497 e. The number of benzene rings is 2. The summed E-state index contributed by atoms with van der Waals surface area (Å²) in [4.78, 5) is 0. The zero-order valence-corrected chi connectivity index (χ0v) is 20.9. The number of hydrogen-bond donors (Lipinski definition) is 0. The Bertz CT molecular complexity index is 887. The van der Waals surface area contributed by atoms with Crippen LogP contribution in [-0.2, 0) is 36.9 Å². The fourth-order valence-electron chi connectivity index (χ4n) is 4.06. The van der Waals surface area contributed by atoms with Crippen LogP contribution in [0, 0.1) is 0 Å². The number of alkyl halides is 1. The van der Waals surface area contributed by atoms with Gasteiger partial charge < -0.3 is 33.2 Å². The molecule has 2 heterocycles. The third-order valence-electron chi connectivity index (χ3n) is 5.73. The molecule has 2 aliphatic heterocycles. The van der Waals surface area contributed by atoms with Crippen molar-refractivity contribution in [1.82, 2.24) is 0 Å². The second-order valence-corrected chi connectivity index (χ2v) is 9.48. The Morgan fingerprint density at radius 1 is 0.818 bits per heavy atom. The summed E-state index contributed by atoms with van der Waals surface area (Å²) in [6.07, 6.45) is -1.21. The summed E-state index contributed by atoms with van der Waals surface area (Å²) in [5.74, 6) is 0.898. The van der Waals surface area contributed by atoms with Crippen molar-refractivity contribution in [2.24, 2.45) is 0 Å². The van der Waals surface area contributed by atoms with Gasteiger partial charge in [-0.3, -0.25) is 0 Å². The van der Waals surface area contributed by atoms with E-state index in [2.05, 4.69) is 15.9 Å². The molecule has 2 aromatic carbocycles. The van der Waals surface area contributed by atoms with Gasteiger partial charge in [0.15, 0.2) is 5.79 Å². The lowest BCUT2D eigenvalue weighted by molar-refractivity contribution is -0.190. The molecule has 0 saturated carbocycles. The number of rotatable bonds is 9. The lowest BCUT2D eigenvalue weighted by atomic mass is 10.0. The summed E-state index contributed by atoms with van der Waals surface area (Å²) in [5.41, 5.74) is 2.10. The van der Waals surface area contributed by atoms with Crippen molar-refractivity contribution in [2.45, 2.75) is 62.3 Å². The smallest absolute Gasteiger partial charge is 0.164 e.